The molecule has 15 heteroatoms. The van der Waals surface area contributed by atoms with E-state index in [4.69, 9.17) is 28.8 Å². The van der Waals surface area contributed by atoms with Crippen molar-refractivity contribution in [2.45, 2.75) is 13.1 Å². The lowest BCUT2D eigenvalue weighted by molar-refractivity contribution is -0.192. The molecule has 12 nitrogen and oxygen atoms in total. The van der Waals surface area contributed by atoms with Crippen molar-refractivity contribution in [3.63, 3.8) is 0 Å². The van der Waals surface area contributed by atoms with Gasteiger partial charge in [-0.1, -0.05) is 0 Å². The molecule has 2 heterocycles. The fourth-order valence-corrected chi connectivity index (χ4v) is 3.31. The minimum Gasteiger partial charge on any atom is -0.497 e. The fraction of sp³-hybridized carbons (Fsp3) is 0.261. The van der Waals surface area contributed by atoms with E-state index in [9.17, 15) is 18.3 Å². The van der Waals surface area contributed by atoms with Crippen molar-refractivity contribution in [3.8, 4) is 28.9 Å². The van der Waals surface area contributed by atoms with Crippen LogP contribution in [0, 0.1) is 6.92 Å². The normalized spacial score (nSPS) is 10.9. The van der Waals surface area contributed by atoms with Crippen molar-refractivity contribution in [1.29, 1.82) is 0 Å². The number of alkyl halides is 3. The number of fused-ring (bicyclic) bond motifs is 2. The van der Waals surface area contributed by atoms with Crippen molar-refractivity contribution in [2.24, 2.45) is 0 Å². The largest absolute Gasteiger partial charge is 0.497 e. The van der Waals surface area contributed by atoms with Crippen LogP contribution >= 0.6 is 0 Å². The fourth-order valence-electron chi connectivity index (χ4n) is 3.31. The Hall–Kier alpha value is -4.82. The number of benzene rings is 2. The summed E-state index contributed by atoms with van der Waals surface area (Å²) < 4.78 is 53.2. The predicted octanol–water partition coefficient (Wildman–Crippen LogP) is 4.00. The number of nitrogens with zero attached hydrogens (tertiary/aromatic N) is 4. The smallest absolute Gasteiger partial charge is 0.490 e. The summed E-state index contributed by atoms with van der Waals surface area (Å²) in [6.45, 7) is 1.87. The molecule has 2 aromatic carbocycles. The summed E-state index contributed by atoms with van der Waals surface area (Å²) in [7, 11) is 6.07. The molecule has 3 N–H and O–H groups in total. The zero-order chi connectivity index (χ0) is 28.2. The highest BCUT2D eigenvalue weighted by molar-refractivity contribution is 5.94. The molecule has 0 saturated heterocycles. The van der Waals surface area contributed by atoms with Gasteiger partial charge in [0.15, 0.2) is 11.5 Å². The minimum atomic E-state index is -5.08. The van der Waals surface area contributed by atoms with E-state index in [-0.39, 0.29) is 17.8 Å². The number of carboxylic acid groups (broad SMARTS) is 1. The highest BCUT2D eigenvalue weighted by Crippen LogP contribution is 2.44. The lowest BCUT2D eigenvalue weighted by Crippen LogP contribution is -2.21. The number of hydrogen-bond donors (Lipinski definition) is 3. The molecule has 0 atom stereocenters. The predicted molar refractivity (Wildman–Crippen MR) is 129 cm³/mol. The van der Waals surface area contributed by atoms with E-state index in [1.807, 2.05) is 25.1 Å². The van der Waals surface area contributed by atoms with Crippen LogP contribution in [0.2, 0.25) is 0 Å². The van der Waals surface area contributed by atoms with Crippen LogP contribution in [-0.4, -0.2) is 70.7 Å². The third-order valence-corrected chi connectivity index (χ3v) is 5.03. The summed E-state index contributed by atoms with van der Waals surface area (Å²) in [5.74, 6) is -0.860. The monoisotopic (exact) mass is 537 g/mol. The number of halogens is 3. The number of nitrogens with one attached hydrogen (secondary N) is 1. The summed E-state index contributed by atoms with van der Waals surface area (Å²) in [4.78, 5) is 26.5. The van der Waals surface area contributed by atoms with Crippen molar-refractivity contribution >= 4 is 39.7 Å². The second-order valence-corrected chi connectivity index (χ2v) is 7.36. The number of anilines is 2. The molecule has 0 aliphatic carbocycles. The molecule has 38 heavy (non-hydrogen) atoms. The maximum absolute atomic E-state index is 10.6. The topological polar surface area (TPSA) is 158 Å². The molecular weight excluding hydrogens is 515 g/mol. The molecule has 0 fully saturated rings. The van der Waals surface area contributed by atoms with Crippen LogP contribution in [0.5, 0.6) is 28.9 Å². The molecule has 0 aliphatic rings. The van der Waals surface area contributed by atoms with Gasteiger partial charge in [0, 0.05) is 5.39 Å². The van der Waals surface area contributed by atoms with E-state index in [1.165, 1.54) is 21.3 Å². The maximum Gasteiger partial charge on any atom is 0.490 e. The van der Waals surface area contributed by atoms with Crippen LogP contribution in [-0.2, 0) is 4.79 Å². The van der Waals surface area contributed by atoms with Crippen LogP contribution in [0.25, 0.3) is 21.8 Å². The van der Waals surface area contributed by atoms with E-state index in [0.717, 1.165) is 22.3 Å². The Morgan fingerprint density at radius 2 is 1.50 bits per heavy atom. The summed E-state index contributed by atoms with van der Waals surface area (Å²) in [5.41, 5.74) is 1.82. The van der Waals surface area contributed by atoms with E-state index in [1.54, 1.807) is 13.2 Å². The summed E-state index contributed by atoms with van der Waals surface area (Å²) >= 11 is 0. The molecule has 0 aliphatic heterocycles. The van der Waals surface area contributed by atoms with Gasteiger partial charge in [-0.25, -0.2) is 19.7 Å². The van der Waals surface area contributed by atoms with Gasteiger partial charge in [-0.2, -0.15) is 18.2 Å². The molecule has 4 rings (SSSR count). The van der Waals surface area contributed by atoms with E-state index < -0.39 is 12.1 Å². The van der Waals surface area contributed by atoms with Gasteiger partial charge in [-0.3, -0.25) is 5.32 Å². The first-order valence-electron chi connectivity index (χ1n) is 10.5. The van der Waals surface area contributed by atoms with Crippen molar-refractivity contribution in [1.82, 2.24) is 19.9 Å². The van der Waals surface area contributed by atoms with Gasteiger partial charge in [0.1, 0.15) is 11.3 Å². The number of aromatic hydroxyl groups is 1. The second kappa shape index (κ2) is 11.1. The molecule has 2 aromatic heterocycles. The summed E-state index contributed by atoms with van der Waals surface area (Å²) in [6.07, 6.45) is -5.08. The second-order valence-electron chi connectivity index (χ2n) is 7.36. The third kappa shape index (κ3) is 5.77. The van der Waals surface area contributed by atoms with E-state index in [2.05, 4.69) is 25.3 Å². The Kier molecular flexibility index (Phi) is 8.08. The van der Waals surface area contributed by atoms with Gasteiger partial charge in [-0.05, 0) is 31.2 Å². The highest BCUT2D eigenvalue weighted by atomic mass is 19.4. The molecular formula is C23H22F3N5O7. The Morgan fingerprint density at radius 3 is 2.05 bits per heavy atom. The molecule has 0 unspecified atom stereocenters. The van der Waals surface area contributed by atoms with Crippen LogP contribution in [0.15, 0.2) is 24.3 Å². The number of aromatic nitrogens is 4. The standard InChI is InChI=1S/C21H21N5O5.C2HF3O2/c1-10-12-8-11(28-2)6-7-14(12)23-20(22-10)26-21-24-16-13(19(27)25-21)9-15(29-3)17(30-4)18(16)31-5;3-2(4,5)1(6)7/h6-9H,1-5H3,(H2,22,23,24,25,26,27);(H,6,7). The average Bonchev–Trinajstić information content (AvgIpc) is 2.87. The SMILES string of the molecule is COc1ccc2nc(Nc3nc(O)c4cc(OC)c(OC)c(OC)c4n3)nc(C)c2c1.O=C(O)C(F)(F)F. The summed E-state index contributed by atoms with van der Waals surface area (Å²) in [6, 6.07) is 7.12. The minimum absolute atomic E-state index is 0.0998. The third-order valence-electron chi connectivity index (χ3n) is 5.03. The number of ether oxygens (including phenoxy) is 4. The lowest BCUT2D eigenvalue weighted by Gasteiger charge is -2.15. The van der Waals surface area contributed by atoms with Crippen molar-refractivity contribution in [2.75, 3.05) is 33.8 Å². The van der Waals surface area contributed by atoms with E-state index in [0.29, 0.717) is 28.2 Å². The summed E-state index contributed by atoms with van der Waals surface area (Å²) in [5, 5.41) is 21.8. The molecule has 0 bridgehead atoms. The number of aliphatic carboxylic acids is 1. The van der Waals surface area contributed by atoms with Gasteiger partial charge in [0.2, 0.25) is 23.5 Å². The first kappa shape index (κ1) is 27.8. The molecule has 0 amide bonds. The van der Waals surface area contributed by atoms with Gasteiger partial charge in [-0.15, -0.1) is 0 Å². The maximum atomic E-state index is 10.6. The Morgan fingerprint density at radius 1 is 0.868 bits per heavy atom. The number of methoxy groups -OCH3 is 4. The Labute approximate surface area is 213 Å². The van der Waals surface area contributed by atoms with Crippen LogP contribution in [0.1, 0.15) is 5.69 Å². The number of carboxylic acids is 1. The molecule has 0 saturated carbocycles. The average molecular weight is 537 g/mol. The first-order valence-corrected chi connectivity index (χ1v) is 10.5. The Bertz CT molecular complexity index is 1500. The van der Waals surface area contributed by atoms with Gasteiger partial charge in [0.05, 0.1) is 45.0 Å². The van der Waals surface area contributed by atoms with Crippen molar-refractivity contribution < 1.29 is 47.1 Å². The van der Waals surface area contributed by atoms with Gasteiger partial charge < -0.3 is 29.2 Å². The molecule has 202 valence electrons. The van der Waals surface area contributed by atoms with Crippen molar-refractivity contribution in [3.05, 3.63) is 30.0 Å². The number of rotatable bonds is 6. The zero-order valence-corrected chi connectivity index (χ0v) is 20.7. The first-order chi connectivity index (χ1) is 17.9. The van der Waals surface area contributed by atoms with Crippen LogP contribution < -0.4 is 24.3 Å². The quantitative estimate of drug-likeness (QED) is 0.325. The van der Waals surface area contributed by atoms with Crippen LogP contribution in [0.4, 0.5) is 25.1 Å². The van der Waals surface area contributed by atoms with Gasteiger partial charge in [0.25, 0.3) is 0 Å². The zero-order valence-electron chi connectivity index (χ0n) is 20.7. The number of aryl methyl sites for hydroxylation is 1. The Balaban J connectivity index is 0.000000505. The number of carbonyl (C=O) groups is 1. The van der Waals surface area contributed by atoms with Crippen LogP contribution in [0.3, 0.4) is 0 Å². The molecule has 0 radical (unpaired) electrons. The molecule has 0 spiro atoms. The highest BCUT2D eigenvalue weighted by Gasteiger charge is 2.38. The molecule has 4 aromatic rings. The number of hydrogen-bond acceptors (Lipinski definition) is 11. The van der Waals surface area contributed by atoms with Gasteiger partial charge >= 0.3 is 12.1 Å². The lowest BCUT2D eigenvalue weighted by atomic mass is 10.2. The van der Waals surface area contributed by atoms with E-state index >= 15 is 0 Å².